The monoisotopic (exact) mass is 304 g/mol. The highest BCUT2D eigenvalue weighted by Gasteiger charge is 2.52. The average Bonchev–Trinajstić information content (AvgIpc) is 2.47. The lowest BCUT2D eigenvalue weighted by molar-refractivity contribution is -0.106. The number of methoxy groups -OCH3 is 1. The molecule has 1 saturated heterocycles. The Morgan fingerprint density at radius 2 is 2.33 bits per heavy atom. The van der Waals surface area contributed by atoms with Gasteiger partial charge in [-0.1, -0.05) is 13.0 Å². The molecule has 2 heterocycles. The Labute approximate surface area is 130 Å². The summed E-state index contributed by atoms with van der Waals surface area (Å²) in [5, 5.41) is 4.15. The Hall–Kier alpha value is -1.75. The Balaban J connectivity index is 2.09. The minimum absolute atomic E-state index is 0.151. The van der Waals surface area contributed by atoms with Crippen molar-refractivity contribution in [3.8, 4) is 11.5 Å². The van der Waals surface area contributed by atoms with E-state index in [0.29, 0.717) is 11.7 Å². The van der Waals surface area contributed by atoms with E-state index in [1.165, 1.54) is 0 Å². The van der Waals surface area contributed by atoms with E-state index in [2.05, 4.69) is 30.6 Å². The molecule has 1 fully saturated rings. The zero-order chi connectivity index (χ0) is 15.2. The van der Waals surface area contributed by atoms with Gasteiger partial charge in [0, 0.05) is 24.1 Å². The molecular formula is C16H20N2O2S. The number of ether oxygens (including phenoxy) is 2. The zero-order valence-electron chi connectivity index (χ0n) is 12.6. The lowest BCUT2D eigenvalue weighted by Crippen LogP contribution is -2.68. The molecule has 4 nitrogen and oxygen atoms in total. The van der Waals surface area contributed by atoms with E-state index < -0.39 is 5.72 Å². The molecule has 1 aromatic carbocycles. The summed E-state index contributed by atoms with van der Waals surface area (Å²) < 4.78 is 11.7. The number of nitrogens with one attached hydrogen (secondary N) is 1. The van der Waals surface area contributed by atoms with Gasteiger partial charge >= 0.3 is 0 Å². The molecule has 0 saturated carbocycles. The van der Waals surface area contributed by atoms with Gasteiger partial charge in [-0.2, -0.15) is 0 Å². The van der Waals surface area contributed by atoms with E-state index in [9.17, 15) is 0 Å². The molecule has 0 amide bonds. The molecule has 0 spiro atoms. The highest BCUT2D eigenvalue weighted by atomic mass is 32.1. The summed E-state index contributed by atoms with van der Waals surface area (Å²) in [5.41, 5.74) is 0.641. The largest absolute Gasteiger partial charge is 0.497 e. The second kappa shape index (κ2) is 4.91. The molecule has 1 N–H and O–H groups in total. The van der Waals surface area contributed by atoms with Crippen molar-refractivity contribution in [2.75, 3.05) is 13.7 Å². The Morgan fingerprint density at radius 3 is 3.00 bits per heavy atom. The van der Waals surface area contributed by atoms with E-state index in [0.717, 1.165) is 17.1 Å². The minimum Gasteiger partial charge on any atom is -0.497 e. The van der Waals surface area contributed by atoms with Gasteiger partial charge < -0.3 is 19.7 Å². The van der Waals surface area contributed by atoms with Crippen LogP contribution in [0.3, 0.4) is 0 Å². The van der Waals surface area contributed by atoms with Gasteiger partial charge in [0.2, 0.25) is 0 Å². The fraction of sp³-hybridized carbons (Fsp3) is 0.438. The molecule has 3 atom stereocenters. The normalized spacial score (nSPS) is 30.0. The summed E-state index contributed by atoms with van der Waals surface area (Å²) in [5.74, 6) is 1.90. The lowest BCUT2D eigenvalue weighted by Gasteiger charge is -2.56. The molecule has 2 aliphatic heterocycles. The Bertz CT molecular complexity index is 604. The fourth-order valence-electron chi connectivity index (χ4n) is 3.19. The maximum absolute atomic E-state index is 6.35. The number of rotatable bonds is 3. The fourth-order valence-corrected chi connectivity index (χ4v) is 3.57. The van der Waals surface area contributed by atoms with Crippen molar-refractivity contribution in [1.82, 2.24) is 10.2 Å². The molecule has 0 radical (unpaired) electrons. The van der Waals surface area contributed by atoms with Crippen LogP contribution in [-0.2, 0) is 0 Å². The Kier molecular flexibility index (Phi) is 3.32. The van der Waals surface area contributed by atoms with Crippen molar-refractivity contribution in [3.63, 3.8) is 0 Å². The van der Waals surface area contributed by atoms with E-state index in [1.54, 1.807) is 7.11 Å². The first-order valence-corrected chi connectivity index (χ1v) is 7.48. The van der Waals surface area contributed by atoms with Crippen molar-refractivity contribution in [2.45, 2.75) is 25.6 Å². The van der Waals surface area contributed by atoms with Gasteiger partial charge in [0.05, 0.1) is 13.2 Å². The smallest absolute Gasteiger partial charge is 0.187 e. The third kappa shape index (κ3) is 1.99. The van der Waals surface area contributed by atoms with E-state index in [1.807, 2.05) is 24.3 Å². The maximum atomic E-state index is 6.35. The molecule has 112 valence electrons. The van der Waals surface area contributed by atoms with Crippen molar-refractivity contribution < 1.29 is 9.47 Å². The standard InChI is InChI=1S/C16H20N2O2S/c1-5-8-18-15(21)17-14-10(2)16(18,3)20-13-9-11(19-4)6-7-12(13)14/h5-7,9-10,14H,1,8H2,2-4H3,(H,17,21). The van der Waals surface area contributed by atoms with E-state index >= 15 is 0 Å². The van der Waals surface area contributed by atoms with Gasteiger partial charge in [-0.25, -0.2) is 0 Å². The van der Waals surface area contributed by atoms with E-state index in [4.69, 9.17) is 21.7 Å². The quantitative estimate of drug-likeness (QED) is 0.686. The Morgan fingerprint density at radius 1 is 1.57 bits per heavy atom. The van der Waals surface area contributed by atoms with Crippen molar-refractivity contribution in [1.29, 1.82) is 0 Å². The third-order valence-corrected chi connectivity index (χ3v) is 4.93. The van der Waals surface area contributed by atoms with Crippen LogP contribution in [0.2, 0.25) is 0 Å². The summed E-state index contributed by atoms with van der Waals surface area (Å²) in [6.07, 6.45) is 1.84. The van der Waals surface area contributed by atoms with Crippen LogP contribution in [0.25, 0.3) is 0 Å². The highest BCUT2D eigenvalue weighted by Crippen LogP contribution is 2.48. The van der Waals surface area contributed by atoms with Gasteiger partial charge in [-0.15, -0.1) is 6.58 Å². The first-order chi connectivity index (χ1) is 10.0. The predicted octanol–water partition coefficient (Wildman–Crippen LogP) is 2.86. The van der Waals surface area contributed by atoms with Crippen LogP contribution in [0, 0.1) is 5.92 Å². The average molecular weight is 304 g/mol. The van der Waals surface area contributed by atoms with Crippen LogP contribution in [0.15, 0.2) is 30.9 Å². The van der Waals surface area contributed by atoms with Crippen molar-refractivity contribution in [2.24, 2.45) is 5.92 Å². The van der Waals surface area contributed by atoms with Crippen LogP contribution in [0.4, 0.5) is 0 Å². The molecule has 3 unspecified atom stereocenters. The van der Waals surface area contributed by atoms with Crippen molar-refractivity contribution in [3.05, 3.63) is 36.4 Å². The summed E-state index contributed by atoms with van der Waals surface area (Å²) in [4.78, 5) is 2.05. The van der Waals surface area contributed by atoms with Gasteiger partial charge in [0.15, 0.2) is 10.8 Å². The number of hydrogen-bond donors (Lipinski definition) is 1. The first-order valence-electron chi connectivity index (χ1n) is 7.07. The van der Waals surface area contributed by atoms with Crippen LogP contribution in [0.5, 0.6) is 11.5 Å². The summed E-state index contributed by atoms with van der Waals surface area (Å²) >= 11 is 5.51. The predicted molar refractivity (Wildman–Crippen MR) is 86.6 cm³/mol. The maximum Gasteiger partial charge on any atom is 0.187 e. The molecule has 5 heteroatoms. The van der Waals surface area contributed by atoms with Crippen LogP contribution < -0.4 is 14.8 Å². The molecule has 2 aliphatic rings. The van der Waals surface area contributed by atoms with E-state index in [-0.39, 0.29) is 12.0 Å². The van der Waals surface area contributed by atoms with Crippen LogP contribution in [0.1, 0.15) is 25.5 Å². The second-order valence-corrected chi connectivity index (χ2v) is 6.06. The van der Waals surface area contributed by atoms with Crippen LogP contribution >= 0.6 is 12.2 Å². The lowest BCUT2D eigenvalue weighted by atomic mass is 9.81. The zero-order valence-corrected chi connectivity index (χ0v) is 13.4. The summed E-state index contributed by atoms with van der Waals surface area (Å²) in [6.45, 7) is 8.74. The summed E-state index contributed by atoms with van der Waals surface area (Å²) in [7, 11) is 1.66. The number of benzene rings is 1. The molecule has 2 bridgehead atoms. The SMILES string of the molecule is C=CCN1C(=S)NC2c3ccc(OC)cc3OC1(C)C2C. The molecule has 3 rings (SSSR count). The summed E-state index contributed by atoms with van der Waals surface area (Å²) in [6, 6.07) is 6.10. The highest BCUT2D eigenvalue weighted by molar-refractivity contribution is 7.80. The number of fused-ring (bicyclic) bond motifs is 4. The number of thiocarbonyl (C=S) groups is 1. The molecule has 21 heavy (non-hydrogen) atoms. The first kappa shape index (κ1) is 14.2. The van der Waals surface area contributed by atoms with Gasteiger partial charge in [-0.3, -0.25) is 0 Å². The molecule has 0 aliphatic carbocycles. The van der Waals surface area contributed by atoms with Gasteiger partial charge in [0.25, 0.3) is 0 Å². The van der Waals surface area contributed by atoms with Gasteiger partial charge in [0.1, 0.15) is 11.5 Å². The molecular weight excluding hydrogens is 284 g/mol. The van der Waals surface area contributed by atoms with Crippen molar-refractivity contribution >= 4 is 17.3 Å². The topological polar surface area (TPSA) is 33.7 Å². The third-order valence-electron chi connectivity index (χ3n) is 4.59. The number of nitrogens with zero attached hydrogens (tertiary/aromatic N) is 1. The van der Waals surface area contributed by atoms with Crippen LogP contribution in [-0.4, -0.2) is 29.4 Å². The van der Waals surface area contributed by atoms with Gasteiger partial charge in [-0.05, 0) is 31.3 Å². The second-order valence-electron chi connectivity index (χ2n) is 5.68. The molecule has 1 aromatic rings. The molecule has 0 aromatic heterocycles. The minimum atomic E-state index is -0.486. The number of hydrogen-bond acceptors (Lipinski definition) is 3.